The molecule has 136 valence electrons. The smallest absolute Gasteiger partial charge is 0.407 e. The number of nitrogens with zero attached hydrogens (tertiary/aromatic N) is 1. The van der Waals surface area contributed by atoms with Crippen LogP contribution in [-0.2, 0) is 10.2 Å². The molecular weight excluding hydrogens is 316 g/mol. The van der Waals surface area contributed by atoms with Gasteiger partial charge in [-0.05, 0) is 45.0 Å². The molecule has 2 rings (SSSR count). The van der Waals surface area contributed by atoms with Gasteiger partial charge in [-0.3, -0.25) is 4.98 Å². The van der Waals surface area contributed by atoms with Crippen LogP contribution < -0.4 is 10.1 Å². The number of ether oxygens (including phenoxy) is 2. The molecule has 0 spiro atoms. The molecule has 0 saturated carbocycles. The standard InChI is InChI=1S/C20H28N2O3/c1-19(2,3)17-10-7-14-13-15(8-9-16(14)22-17)24-12-11-21-18(23)25-20(4,5)6/h7-10,13H,11-12H2,1-6H3,(H,21,23). The Labute approximate surface area is 149 Å². The second-order valence-corrected chi connectivity index (χ2v) is 8.08. The number of rotatable bonds is 4. The van der Waals surface area contributed by atoms with E-state index < -0.39 is 11.7 Å². The Morgan fingerprint density at radius 1 is 1.08 bits per heavy atom. The highest BCUT2D eigenvalue weighted by molar-refractivity contribution is 5.80. The van der Waals surface area contributed by atoms with Crippen molar-refractivity contribution in [1.82, 2.24) is 10.3 Å². The van der Waals surface area contributed by atoms with Gasteiger partial charge in [0.05, 0.1) is 12.1 Å². The van der Waals surface area contributed by atoms with Crippen LogP contribution in [0.25, 0.3) is 10.9 Å². The molecule has 0 fully saturated rings. The average Bonchev–Trinajstić information content (AvgIpc) is 2.48. The minimum atomic E-state index is -0.498. The van der Waals surface area contributed by atoms with Crippen LogP contribution in [0.15, 0.2) is 30.3 Å². The Kier molecular flexibility index (Phi) is 5.55. The van der Waals surface area contributed by atoms with Crippen molar-refractivity contribution < 1.29 is 14.3 Å². The van der Waals surface area contributed by atoms with E-state index in [1.807, 2.05) is 39.0 Å². The van der Waals surface area contributed by atoms with Crippen LogP contribution >= 0.6 is 0 Å². The molecular formula is C20H28N2O3. The van der Waals surface area contributed by atoms with Crippen molar-refractivity contribution in [2.75, 3.05) is 13.2 Å². The third-order valence-electron chi connectivity index (χ3n) is 3.47. The molecule has 1 heterocycles. The minimum absolute atomic E-state index is 0.0245. The van der Waals surface area contributed by atoms with Crippen molar-refractivity contribution in [3.8, 4) is 5.75 Å². The fourth-order valence-electron chi connectivity index (χ4n) is 2.25. The van der Waals surface area contributed by atoms with E-state index in [1.165, 1.54) is 0 Å². The van der Waals surface area contributed by atoms with Gasteiger partial charge in [0.1, 0.15) is 18.0 Å². The van der Waals surface area contributed by atoms with Crippen molar-refractivity contribution in [2.45, 2.75) is 52.6 Å². The number of alkyl carbamates (subject to hydrolysis) is 1. The molecule has 0 unspecified atom stereocenters. The quantitative estimate of drug-likeness (QED) is 0.833. The number of benzene rings is 1. The number of carbonyl (C=O) groups is 1. The van der Waals surface area contributed by atoms with E-state index in [-0.39, 0.29) is 5.41 Å². The molecule has 2 aromatic rings. The van der Waals surface area contributed by atoms with Crippen LogP contribution in [0.2, 0.25) is 0 Å². The average molecular weight is 344 g/mol. The van der Waals surface area contributed by atoms with Crippen LogP contribution in [0.5, 0.6) is 5.75 Å². The summed E-state index contributed by atoms with van der Waals surface area (Å²) in [7, 11) is 0. The zero-order valence-electron chi connectivity index (χ0n) is 16.0. The Hall–Kier alpha value is -2.30. The molecule has 0 radical (unpaired) electrons. The lowest BCUT2D eigenvalue weighted by Crippen LogP contribution is -2.34. The summed E-state index contributed by atoms with van der Waals surface area (Å²) in [5, 5.41) is 3.71. The van der Waals surface area contributed by atoms with Crippen LogP contribution in [0, 0.1) is 0 Å². The second-order valence-electron chi connectivity index (χ2n) is 8.08. The highest BCUT2D eigenvalue weighted by Crippen LogP contribution is 2.25. The molecule has 25 heavy (non-hydrogen) atoms. The fraction of sp³-hybridized carbons (Fsp3) is 0.500. The molecule has 0 saturated heterocycles. The summed E-state index contributed by atoms with van der Waals surface area (Å²) >= 11 is 0. The largest absolute Gasteiger partial charge is 0.492 e. The van der Waals surface area contributed by atoms with E-state index in [4.69, 9.17) is 14.5 Å². The van der Waals surface area contributed by atoms with Crippen molar-refractivity contribution >= 4 is 17.0 Å². The van der Waals surface area contributed by atoms with Crippen molar-refractivity contribution in [2.24, 2.45) is 0 Å². The monoisotopic (exact) mass is 344 g/mol. The first-order valence-corrected chi connectivity index (χ1v) is 8.55. The Morgan fingerprint density at radius 2 is 1.80 bits per heavy atom. The molecule has 1 N–H and O–H groups in total. The molecule has 0 aliphatic carbocycles. The summed E-state index contributed by atoms with van der Waals surface area (Å²) in [4.78, 5) is 16.3. The first kappa shape index (κ1) is 19.0. The molecule has 1 aromatic heterocycles. The summed E-state index contributed by atoms with van der Waals surface area (Å²) in [6.07, 6.45) is -0.437. The van der Waals surface area contributed by atoms with Crippen molar-refractivity contribution in [3.05, 3.63) is 36.0 Å². The minimum Gasteiger partial charge on any atom is -0.492 e. The maximum Gasteiger partial charge on any atom is 0.407 e. The number of nitrogens with one attached hydrogen (secondary N) is 1. The number of hydrogen-bond donors (Lipinski definition) is 1. The van der Waals surface area contributed by atoms with Gasteiger partial charge < -0.3 is 14.8 Å². The molecule has 0 atom stereocenters. The second kappa shape index (κ2) is 7.30. The molecule has 0 bridgehead atoms. The predicted octanol–water partition coefficient (Wildman–Crippen LogP) is 4.44. The Bertz CT molecular complexity index is 743. The third-order valence-corrected chi connectivity index (χ3v) is 3.47. The van der Waals surface area contributed by atoms with E-state index >= 15 is 0 Å². The van der Waals surface area contributed by atoms with Gasteiger partial charge in [0.25, 0.3) is 0 Å². The van der Waals surface area contributed by atoms with Gasteiger partial charge in [-0.2, -0.15) is 0 Å². The topological polar surface area (TPSA) is 60.5 Å². The predicted molar refractivity (Wildman–Crippen MR) is 100 cm³/mol. The normalized spacial score (nSPS) is 12.1. The molecule has 0 aliphatic rings. The maximum absolute atomic E-state index is 11.6. The van der Waals surface area contributed by atoms with Gasteiger partial charge in [-0.15, -0.1) is 0 Å². The van der Waals surface area contributed by atoms with E-state index in [0.29, 0.717) is 13.2 Å². The fourth-order valence-corrected chi connectivity index (χ4v) is 2.25. The molecule has 1 aromatic carbocycles. The Balaban J connectivity index is 1.91. The van der Waals surface area contributed by atoms with Crippen molar-refractivity contribution in [3.63, 3.8) is 0 Å². The zero-order chi connectivity index (χ0) is 18.7. The molecule has 1 amide bonds. The van der Waals surface area contributed by atoms with Gasteiger partial charge in [-0.1, -0.05) is 26.8 Å². The molecule has 5 heteroatoms. The highest BCUT2D eigenvalue weighted by Gasteiger charge is 2.16. The van der Waals surface area contributed by atoms with Crippen LogP contribution in [-0.4, -0.2) is 29.8 Å². The third kappa shape index (κ3) is 5.93. The molecule has 0 aliphatic heterocycles. The lowest BCUT2D eigenvalue weighted by atomic mass is 9.91. The lowest BCUT2D eigenvalue weighted by Gasteiger charge is -2.19. The van der Waals surface area contributed by atoms with E-state index in [1.54, 1.807) is 0 Å². The Morgan fingerprint density at radius 3 is 2.44 bits per heavy atom. The van der Waals surface area contributed by atoms with Gasteiger partial charge >= 0.3 is 6.09 Å². The maximum atomic E-state index is 11.6. The van der Waals surface area contributed by atoms with Crippen LogP contribution in [0.1, 0.15) is 47.2 Å². The summed E-state index contributed by atoms with van der Waals surface area (Å²) in [6.45, 7) is 12.7. The lowest BCUT2D eigenvalue weighted by molar-refractivity contribution is 0.0520. The first-order chi connectivity index (χ1) is 11.5. The van der Waals surface area contributed by atoms with Gasteiger partial charge in [0, 0.05) is 16.5 Å². The summed E-state index contributed by atoms with van der Waals surface area (Å²) in [5.74, 6) is 0.754. The zero-order valence-corrected chi connectivity index (χ0v) is 16.0. The van der Waals surface area contributed by atoms with E-state index in [2.05, 4.69) is 38.2 Å². The van der Waals surface area contributed by atoms with Gasteiger partial charge in [0.15, 0.2) is 0 Å². The van der Waals surface area contributed by atoms with E-state index in [0.717, 1.165) is 22.3 Å². The number of aromatic nitrogens is 1. The highest BCUT2D eigenvalue weighted by atomic mass is 16.6. The summed E-state index contributed by atoms with van der Waals surface area (Å²) in [6, 6.07) is 9.93. The first-order valence-electron chi connectivity index (χ1n) is 8.55. The summed E-state index contributed by atoms with van der Waals surface area (Å²) in [5.41, 5.74) is 1.54. The number of amides is 1. The van der Waals surface area contributed by atoms with Crippen molar-refractivity contribution in [1.29, 1.82) is 0 Å². The van der Waals surface area contributed by atoms with Crippen LogP contribution in [0.4, 0.5) is 4.79 Å². The number of hydrogen-bond acceptors (Lipinski definition) is 4. The summed E-state index contributed by atoms with van der Waals surface area (Å²) < 4.78 is 10.9. The number of fused-ring (bicyclic) bond motifs is 1. The van der Waals surface area contributed by atoms with E-state index in [9.17, 15) is 4.79 Å². The van der Waals surface area contributed by atoms with Gasteiger partial charge in [0.2, 0.25) is 0 Å². The number of pyridine rings is 1. The van der Waals surface area contributed by atoms with Gasteiger partial charge in [-0.25, -0.2) is 4.79 Å². The number of carbonyl (C=O) groups excluding carboxylic acids is 1. The SMILES string of the molecule is CC(C)(C)OC(=O)NCCOc1ccc2nc(C(C)(C)C)ccc2c1. The molecule has 5 nitrogen and oxygen atoms in total. The van der Waals surface area contributed by atoms with Crippen LogP contribution in [0.3, 0.4) is 0 Å².